The van der Waals surface area contributed by atoms with Gasteiger partial charge in [-0.15, -0.1) is 11.6 Å². The van der Waals surface area contributed by atoms with Crippen molar-refractivity contribution in [3.63, 3.8) is 0 Å². The first-order valence-electron chi connectivity index (χ1n) is 4.29. The van der Waals surface area contributed by atoms with Crippen molar-refractivity contribution in [1.29, 1.82) is 0 Å². The van der Waals surface area contributed by atoms with Crippen LogP contribution in [-0.2, 0) is 12.4 Å². The van der Waals surface area contributed by atoms with E-state index < -0.39 is 0 Å². The summed E-state index contributed by atoms with van der Waals surface area (Å²) in [5.74, 6) is 0.571. The van der Waals surface area contributed by atoms with Crippen LogP contribution < -0.4 is 0 Å². The molecule has 0 N–H and O–H groups in total. The molecular formula is C9H15ClN2. The minimum absolute atomic E-state index is 0.571. The second-order valence-electron chi connectivity index (χ2n) is 3.01. The van der Waals surface area contributed by atoms with Crippen molar-refractivity contribution in [3.05, 3.63) is 17.0 Å². The van der Waals surface area contributed by atoms with E-state index in [0.717, 1.165) is 18.7 Å². The standard InChI is InChI=1S/C9H15ClN2/c1-4-5-12-8(3)9(6-10)7(2)11-12/h4-6H2,1-3H3. The van der Waals surface area contributed by atoms with Gasteiger partial charge < -0.3 is 0 Å². The molecular weight excluding hydrogens is 172 g/mol. The van der Waals surface area contributed by atoms with E-state index in [1.54, 1.807) is 0 Å². The summed E-state index contributed by atoms with van der Waals surface area (Å²) < 4.78 is 2.03. The zero-order valence-electron chi connectivity index (χ0n) is 7.89. The van der Waals surface area contributed by atoms with Crippen LogP contribution in [0.3, 0.4) is 0 Å². The van der Waals surface area contributed by atoms with Gasteiger partial charge in [-0.2, -0.15) is 5.10 Å². The third-order valence-corrected chi connectivity index (χ3v) is 2.37. The molecule has 0 bridgehead atoms. The first-order chi connectivity index (χ1) is 5.70. The average Bonchev–Trinajstić information content (AvgIpc) is 2.29. The predicted octanol–water partition coefficient (Wildman–Crippen LogP) is 2.65. The van der Waals surface area contributed by atoms with E-state index in [1.165, 1.54) is 11.3 Å². The van der Waals surface area contributed by atoms with Gasteiger partial charge in [0.05, 0.1) is 11.6 Å². The van der Waals surface area contributed by atoms with E-state index in [1.807, 2.05) is 11.6 Å². The molecule has 1 aromatic heterocycles. The van der Waals surface area contributed by atoms with Crippen molar-refractivity contribution < 1.29 is 0 Å². The lowest BCUT2D eigenvalue weighted by atomic mass is 10.2. The highest BCUT2D eigenvalue weighted by Gasteiger charge is 2.08. The zero-order valence-corrected chi connectivity index (χ0v) is 8.65. The van der Waals surface area contributed by atoms with Gasteiger partial charge in [0.25, 0.3) is 0 Å². The molecule has 0 saturated heterocycles. The number of nitrogens with zero attached hydrogens (tertiary/aromatic N) is 2. The van der Waals surface area contributed by atoms with Gasteiger partial charge in [-0.3, -0.25) is 4.68 Å². The molecule has 1 heterocycles. The van der Waals surface area contributed by atoms with E-state index in [-0.39, 0.29) is 0 Å². The minimum Gasteiger partial charge on any atom is -0.269 e. The third kappa shape index (κ3) is 1.63. The van der Waals surface area contributed by atoms with Crippen molar-refractivity contribution in [1.82, 2.24) is 9.78 Å². The van der Waals surface area contributed by atoms with Gasteiger partial charge in [-0.05, 0) is 20.3 Å². The SMILES string of the molecule is CCCn1nc(C)c(CCl)c1C. The summed E-state index contributed by atoms with van der Waals surface area (Å²) in [4.78, 5) is 0. The van der Waals surface area contributed by atoms with Gasteiger partial charge in [0, 0.05) is 17.8 Å². The number of aryl methyl sites for hydroxylation is 2. The van der Waals surface area contributed by atoms with Crippen LogP contribution in [0.25, 0.3) is 0 Å². The number of halogens is 1. The van der Waals surface area contributed by atoms with Gasteiger partial charge in [0.15, 0.2) is 0 Å². The Morgan fingerprint density at radius 3 is 2.50 bits per heavy atom. The van der Waals surface area contributed by atoms with Crippen molar-refractivity contribution in [2.45, 2.75) is 39.6 Å². The highest BCUT2D eigenvalue weighted by molar-refractivity contribution is 6.17. The lowest BCUT2D eigenvalue weighted by molar-refractivity contribution is 0.583. The summed E-state index contributed by atoms with van der Waals surface area (Å²) in [7, 11) is 0. The summed E-state index contributed by atoms with van der Waals surface area (Å²) >= 11 is 5.80. The molecule has 0 amide bonds. The maximum absolute atomic E-state index is 5.80. The summed E-state index contributed by atoms with van der Waals surface area (Å²) in [6, 6.07) is 0. The van der Waals surface area contributed by atoms with Gasteiger partial charge in [0.2, 0.25) is 0 Å². The summed E-state index contributed by atoms with van der Waals surface area (Å²) in [6.45, 7) is 7.23. The summed E-state index contributed by atoms with van der Waals surface area (Å²) in [6.07, 6.45) is 1.11. The minimum atomic E-state index is 0.571. The number of hydrogen-bond acceptors (Lipinski definition) is 1. The zero-order chi connectivity index (χ0) is 9.14. The van der Waals surface area contributed by atoms with Crippen molar-refractivity contribution in [2.75, 3.05) is 0 Å². The van der Waals surface area contributed by atoms with E-state index in [2.05, 4.69) is 18.9 Å². The highest BCUT2D eigenvalue weighted by Crippen LogP contribution is 2.15. The quantitative estimate of drug-likeness (QED) is 0.664. The fourth-order valence-electron chi connectivity index (χ4n) is 1.36. The molecule has 0 atom stereocenters. The van der Waals surface area contributed by atoms with Crippen LogP contribution in [0.1, 0.15) is 30.3 Å². The number of alkyl halides is 1. The molecule has 0 saturated carbocycles. The molecule has 0 aliphatic heterocycles. The molecule has 0 unspecified atom stereocenters. The van der Waals surface area contributed by atoms with Crippen LogP contribution in [0, 0.1) is 13.8 Å². The van der Waals surface area contributed by atoms with Crippen LogP contribution >= 0.6 is 11.6 Å². The Labute approximate surface area is 78.5 Å². The Kier molecular flexibility index (Phi) is 3.15. The molecule has 2 nitrogen and oxygen atoms in total. The monoisotopic (exact) mass is 186 g/mol. The average molecular weight is 187 g/mol. The van der Waals surface area contributed by atoms with Crippen molar-refractivity contribution in [2.24, 2.45) is 0 Å². The third-order valence-electron chi connectivity index (χ3n) is 2.10. The van der Waals surface area contributed by atoms with E-state index in [0.29, 0.717) is 5.88 Å². The molecule has 3 heteroatoms. The fraction of sp³-hybridized carbons (Fsp3) is 0.667. The number of rotatable bonds is 3. The first-order valence-corrected chi connectivity index (χ1v) is 4.83. The number of aromatic nitrogens is 2. The molecule has 0 aromatic carbocycles. The predicted molar refractivity (Wildman–Crippen MR) is 51.5 cm³/mol. The molecule has 0 fully saturated rings. The Morgan fingerprint density at radius 1 is 1.42 bits per heavy atom. The van der Waals surface area contributed by atoms with Gasteiger partial charge >= 0.3 is 0 Å². The van der Waals surface area contributed by atoms with E-state index >= 15 is 0 Å². The maximum Gasteiger partial charge on any atom is 0.0640 e. The van der Waals surface area contributed by atoms with Crippen LogP contribution in [0.5, 0.6) is 0 Å². The van der Waals surface area contributed by atoms with Crippen LogP contribution in [0.4, 0.5) is 0 Å². The largest absolute Gasteiger partial charge is 0.269 e. The van der Waals surface area contributed by atoms with Crippen molar-refractivity contribution in [3.8, 4) is 0 Å². The highest BCUT2D eigenvalue weighted by atomic mass is 35.5. The molecule has 1 rings (SSSR count). The molecule has 1 aromatic rings. The molecule has 0 radical (unpaired) electrons. The van der Waals surface area contributed by atoms with Gasteiger partial charge in [-0.25, -0.2) is 0 Å². The van der Waals surface area contributed by atoms with E-state index in [9.17, 15) is 0 Å². The topological polar surface area (TPSA) is 17.8 Å². The molecule has 68 valence electrons. The lowest BCUT2D eigenvalue weighted by Gasteiger charge is -2.00. The fourth-order valence-corrected chi connectivity index (χ4v) is 1.74. The Bertz CT molecular complexity index is 266. The molecule has 12 heavy (non-hydrogen) atoms. The summed E-state index contributed by atoms with van der Waals surface area (Å²) in [5.41, 5.74) is 3.46. The van der Waals surface area contributed by atoms with E-state index in [4.69, 9.17) is 11.6 Å². The number of hydrogen-bond donors (Lipinski definition) is 0. The van der Waals surface area contributed by atoms with Crippen LogP contribution in [0.2, 0.25) is 0 Å². The smallest absolute Gasteiger partial charge is 0.0640 e. The second kappa shape index (κ2) is 3.94. The Hall–Kier alpha value is -0.500. The lowest BCUT2D eigenvalue weighted by Crippen LogP contribution is -2.01. The van der Waals surface area contributed by atoms with Crippen LogP contribution in [-0.4, -0.2) is 9.78 Å². The normalized spacial score (nSPS) is 10.7. The maximum atomic E-state index is 5.80. The molecule has 0 spiro atoms. The molecule has 0 aliphatic rings. The summed E-state index contributed by atoms with van der Waals surface area (Å²) in [5, 5.41) is 4.40. The Balaban J connectivity index is 3.00. The first kappa shape index (κ1) is 9.59. The molecule has 0 aliphatic carbocycles. The van der Waals surface area contributed by atoms with Gasteiger partial charge in [0.1, 0.15) is 0 Å². The van der Waals surface area contributed by atoms with Gasteiger partial charge in [-0.1, -0.05) is 6.92 Å². The second-order valence-corrected chi connectivity index (χ2v) is 3.27. The van der Waals surface area contributed by atoms with Crippen LogP contribution in [0.15, 0.2) is 0 Å². The Morgan fingerprint density at radius 2 is 2.08 bits per heavy atom. The van der Waals surface area contributed by atoms with Crippen molar-refractivity contribution >= 4 is 11.6 Å².